The molecule has 0 bridgehead atoms. The Hall–Kier alpha value is -3.81. The van der Waals surface area contributed by atoms with Crippen molar-refractivity contribution in [2.24, 2.45) is 5.41 Å². The fourth-order valence-electron chi connectivity index (χ4n) is 4.65. The molecule has 1 atom stereocenters. The number of dihydropyridines is 1. The maximum Gasteiger partial charge on any atom is 0.269 e. The lowest BCUT2D eigenvalue weighted by molar-refractivity contribution is -0.384. The summed E-state index contributed by atoms with van der Waals surface area (Å²) in [6, 6.07) is 11.5. The minimum absolute atomic E-state index is 0.103. The summed E-state index contributed by atoms with van der Waals surface area (Å²) in [5.41, 5.74) is 2.37. The summed E-state index contributed by atoms with van der Waals surface area (Å²) in [5, 5.41) is 17.3. The zero-order valence-electron chi connectivity index (χ0n) is 18.6. The Balaban J connectivity index is 1.84. The number of hydrogen-bond donors (Lipinski definition) is 2. The molecule has 2 aromatic rings. The number of rotatable bonds is 4. The Bertz CT molecular complexity index is 1250. The fraction of sp³-hybridized carbons (Fsp3) is 0.280. The summed E-state index contributed by atoms with van der Waals surface area (Å²) in [6.07, 6.45) is 0.909. The Kier molecular flexibility index (Phi) is 5.61. The summed E-state index contributed by atoms with van der Waals surface area (Å²) in [5.74, 6) is -1.89. The smallest absolute Gasteiger partial charge is 0.269 e. The first-order chi connectivity index (χ1) is 15.6. The third-order valence-electron chi connectivity index (χ3n) is 5.98. The molecule has 33 heavy (non-hydrogen) atoms. The molecule has 0 aromatic heterocycles. The number of nitrogens with one attached hydrogen (secondary N) is 2. The van der Waals surface area contributed by atoms with Crippen LogP contribution < -0.4 is 10.6 Å². The van der Waals surface area contributed by atoms with Crippen molar-refractivity contribution in [1.29, 1.82) is 0 Å². The first-order valence-electron chi connectivity index (χ1n) is 10.6. The molecule has 1 unspecified atom stereocenters. The number of hydrogen-bond acceptors (Lipinski definition) is 5. The average Bonchev–Trinajstić information content (AvgIpc) is 2.71. The average molecular weight is 449 g/mol. The Morgan fingerprint density at radius 3 is 2.61 bits per heavy atom. The number of carbonyl (C=O) groups is 2. The Labute approximate surface area is 190 Å². The van der Waals surface area contributed by atoms with Gasteiger partial charge in [-0.3, -0.25) is 19.7 Å². The number of ketones is 1. The zero-order chi connectivity index (χ0) is 23.9. The van der Waals surface area contributed by atoms with Gasteiger partial charge >= 0.3 is 0 Å². The molecular formula is C25H24FN3O4. The minimum atomic E-state index is -0.779. The van der Waals surface area contributed by atoms with E-state index in [9.17, 15) is 24.1 Å². The molecule has 1 amide bonds. The second-order valence-electron chi connectivity index (χ2n) is 9.25. The first kappa shape index (κ1) is 22.4. The molecule has 1 heterocycles. The van der Waals surface area contributed by atoms with E-state index in [1.807, 2.05) is 13.8 Å². The lowest BCUT2D eigenvalue weighted by Gasteiger charge is -2.39. The largest absolute Gasteiger partial charge is 0.362 e. The van der Waals surface area contributed by atoms with Crippen molar-refractivity contribution >= 4 is 23.1 Å². The molecule has 0 spiro atoms. The van der Waals surface area contributed by atoms with Crippen LogP contribution in [0.15, 0.2) is 71.1 Å². The van der Waals surface area contributed by atoms with E-state index in [1.165, 1.54) is 30.3 Å². The summed E-state index contributed by atoms with van der Waals surface area (Å²) in [7, 11) is 0. The SMILES string of the molecule is CC1=C(C(=O)Nc2cccc(F)c2)C(c2cccc([N+](=O)[O-])c2)C2=C(CC(C)(C)CC2=O)N1. The maximum absolute atomic E-state index is 13.7. The van der Waals surface area contributed by atoms with Gasteiger partial charge in [-0.15, -0.1) is 0 Å². The van der Waals surface area contributed by atoms with Crippen LogP contribution in [-0.4, -0.2) is 16.6 Å². The highest BCUT2D eigenvalue weighted by atomic mass is 19.1. The summed E-state index contributed by atoms with van der Waals surface area (Å²) in [6.45, 7) is 5.74. The molecule has 8 heteroatoms. The molecule has 170 valence electrons. The van der Waals surface area contributed by atoms with Crippen molar-refractivity contribution in [2.45, 2.75) is 39.5 Å². The van der Waals surface area contributed by atoms with Crippen molar-refractivity contribution in [3.8, 4) is 0 Å². The van der Waals surface area contributed by atoms with Crippen LogP contribution in [0.25, 0.3) is 0 Å². The quantitative estimate of drug-likeness (QED) is 0.507. The van der Waals surface area contributed by atoms with Gasteiger partial charge < -0.3 is 10.6 Å². The number of carbonyl (C=O) groups excluding carboxylic acids is 2. The van der Waals surface area contributed by atoms with Crippen molar-refractivity contribution in [1.82, 2.24) is 5.32 Å². The van der Waals surface area contributed by atoms with Gasteiger partial charge in [0.15, 0.2) is 5.78 Å². The number of Topliss-reactive ketones (excluding diaryl/α,β-unsaturated/α-hetero) is 1. The van der Waals surface area contributed by atoms with Crippen LogP contribution in [0.1, 0.15) is 45.1 Å². The lowest BCUT2D eigenvalue weighted by atomic mass is 9.68. The van der Waals surface area contributed by atoms with E-state index in [2.05, 4.69) is 10.6 Å². The highest BCUT2D eigenvalue weighted by Gasteiger charge is 2.43. The molecule has 0 fully saturated rings. The van der Waals surface area contributed by atoms with Crippen molar-refractivity contribution in [2.75, 3.05) is 5.32 Å². The number of anilines is 1. The van der Waals surface area contributed by atoms with Crippen LogP contribution >= 0.6 is 0 Å². The second kappa shape index (κ2) is 8.27. The number of allylic oxidation sites excluding steroid dienone is 3. The van der Waals surface area contributed by atoms with E-state index >= 15 is 0 Å². The van der Waals surface area contributed by atoms with E-state index in [4.69, 9.17) is 0 Å². The van der Waals surface area contributed by atoms with Gasteiger partial charge in [0.25, 0.3) is 11.6 Å². The van der Waals surface area contributed by atoms with Gasteiger partial charge in [-0.05, 0) is 42.5 Å². The van der Waals surface area contributed by atoms with E-state index in [0.29, 0.717) is 29.7 Å². The molecule has 1 aliphatic heterocycles. The number of halogens is 1. The Morgan fingerprint density at radius 2 is 1.91 bits per heavy atom. The molecule has 2 aromatic carbocycles. The monoisotopic (exact) mass is 449 g/mol. The van der Waals surface area contributed by atoms with Crippen molar-refractivity contribution < 1.29 is 18.9 Å². The predicted molar refractivity (Wildman–Crippen MR) is 122 cm³/mol. The van der Waals surface area contributed by atoms with Crippen LogP contribution in [0.4, 0.5) is 15.8 Å². The highest BCUT2D eigenvalue weighted by Crippen LogP contribution is 2.47. The molecule has 7 nitrogen and oxygen atoms in total. The standard InChI is InChI=1S/C25H24FN3O4/c1-14-21(24(31)28-17-8-5-7-16(26)11-17)22(15-6-4-9-18(10-15)29(32)33)23-19(27-14)12-25(2,3)13-20(23)30/h4-11,22,27H,12-13H2,1-3H3,(H,28,31). The van der Waals surface area contributed by atoms with Gasteiger partial charge in [-0.25, -0.2) is 4.39 Å². The van der Waals surface area contributed by atoms with Crippen LogP contribution in [0.5, 0.6) is 0 Å². The third kappa shape index (κ3) is 4.41. The molecule has 0 radical (unpaired) electrons. The predicted octanol–water partition coefficient (Wildman–Crippen LogP) is 4.98. The van der Waals surface area contributed by atoms with Gasteiger partial charge in [-0.1, -0.05) is 32.0 Å². The number of nitro groups is 1. The highest BCUT2D eigenvalue weighted by molar-refractivity contribution is 6.10. The van der Waals surface area contributed by atoms with E-state index < -0.39 is 22.6 Å². The third-order valence-corrected chi connectivity index (χ3v) is 5.98. The molecule has 2 aliphatic rings. The van der Waals surface area contributed by atoms with Gasteiger partial charge in [0.1, 0.15) is 5.82 Å². The summed E-state index contributed by atoms with van der Waals surface area (Å²) in [4.78, 5) is 37.6. The minimum Gasteiger partial charge on any atom is -0.362 e. The molecule has 0 saturated heterocycles. The van der Waals surface area contributed by atoms with Gasteiger partial charge in [0.2, 0.25) is 0 Å². The normalized spacial score (nSPS) is 19.6. The van der Waals surface area contributed by atoms with Crippen LogP contribution in [0.3, 0.4) is 0 Å². The van der Waals surface area contributed by atoms with E-state index in [0.717, 1.165) is 5.70 Å². The fourth-order valence-corrected chi connectivity index (χ4v) is 4.65. The molecule has 4 rings (SSSR count). The second-order valence-corrected chi connectivity index (χ2v) is 9.25. The van der Waals surface area contributed by atoms with Crippen molar-refractivity contribution in [3.63, 3.8) is 0 Å². The number of amides is 1. The lowest BCUT2D eigenvalue weighted by Crippen LogP contribution is -2.39. The number of nitrogens with zero attached hydrogens (tertiary/aromatic N) is 1. The van der Waals surface area contributed by atoms with Crippen molar-refractivity contribution in [3.05, 3.63) is 92.6 Å². The molecule has 1 aliphatic carbocycles. The van der Waals surface area contributed by atoms with E-state index in [-0.39, 0.29) is 28.1 Å². The summed E-state index contributed by atoms with van der Waals surface area (Å²) >= 11 is 0. The van der Waals surface area contributed by atoms with Crippen LogP contribution in [0, 0.1) is 21.3 Å². The van der Waals surface area contributed by atoms with Gasteiger partial charge in [0.05, 0.1) is 4.92 Å². The molecule has 2 N–H and O–H groups in total. The van der Waals surface area contributed by atoms with Crippen LogP contribution in [-0.2, 0) is 9.59 Å². The molecular weight excluding hydrogens is 425 g/mol. The number of benzene rings is 2. The topological polar surface area (TPSA) is 101 Å². The van der Waals surface area contributed by atoms with Gasteiger partial charge in [-0.2, -0.15) is 0 Å². The maximum atomic E-state index is 13.7. The number of nitro benzene ring substituents is 1. The van der Waals surface area contributed by atoms with Crippen LogP contribution in [0.2, 0.25) is 0 Å². The first-order valence-corrected chi connectivity index (χ1v) is 10.6. The molecule has 0 saturated carbocycles. The zero-order valence-corrected chi connectivity index (χ0v) is 18.6. The Morgan fingerprint density at radius 1 is 1.18 bits per heavy atom. The summed E-state index contributed by atoms with van der Waals surface area (Å²) < 4.78 is 13.7. The van der Waals surface area contributed by atoms with E-state index in [1.54, 1.807) is 25.1 Å². The number of non-ortho nitro benzene ring substituents is 1. The van der Waals surface area contributed by atoms with Gasteiger partial charge in [0, 0.05) is 52.7 Å².